The van der Waals surface area contributed by atoms with Crippen LogP contribution < -0.4 is 5.32 Å². The molecule has 0 unspecified atom stereocenters. The molecule has 0 saturated carbocycles. The van der Waals surface area contributed by atoms with Crippen LogP contribution in [0.2, 0.25) is 0 Å². The van der Waals surface area contributed by atoms with Crippen molar-refractivity contribution in [2.45, 2.75) is 39.0 Å². The number of anilines is 1. The van der Waals surface area contributed by atoms with E-state index in [2.05, 4.69) is 5.32 Å². The predicted octanol–water partition coefficient (Wildman–Crippen LogP) is 3.90. The van der Waals surface area contributed by atoms with E-state index in [1.54, 1.807) is 19.2 Å². The minimum atomic E-state index is -0.809. The monoisotopic (exact) mass is 412 g/mol. The summed E-state index contributed by atoms with van der Waals surface area (Å²) in [4.78, 5) is 27.6. The highest BCUT2D eigenvalue weighted by Gasteiger charge is 2.43. The lowest BCUT2D eigenvalue weighted by atomic mass is 9.73. The molecule has 0 radical (unpaired) electrons. The van der Waals surface area contributed by atoms with Crippen molar-refractivity contribution in [2.75, 3.05) is 32.1 Å². The lowest BCUT2D eigenvalue weighted by Gasteiger charge is -2.39. The molecule has 0 spiro atoms. The van der Waals surface area contributed by atoms with E-state index in [1.165, 1.54) is 17.0 Å². The summed E-state index contributed by atoms with van der Waals surface area (Å²) in [6, 6.07) is 10.1. The molecule has 1 aliphatic rings. The standard InChI is InChI=1S/C24H29FN2O3/c1-16-13-17(2)22(18(3)14-16)26-21(28)15-27(4)23(29)24(9-11-30-12-10-24)19-5-7-20(25)8-6-19/h5-8,13-14H,9-12,15H2,1-4H3,(H,26,28). The number of hydrogen-bond donors (Lipinski definition) is 1. The summed E-state index contributed by atoms with van der Waals surface area (Å²) in [7, 11) is 1.64. The van der Waals surface area contributed by atoms with Crippen LogP contribution in [0.4, 0.5) is 10.1 Å². The number of halogens is 1. The fourth-order valence-corrected chi connectivity index (χ4v) is 4.32. The number of rotatable bonds is 5. The number of hydrogen-bond acceptors (Lipinski definition) is 3. The van der Waals surface area contributed by atoms with Gasteiger partial charge in [0.25, 0.3) is 0 Å². The summed E-state index contributed by atoms with van der Waals surface area (Å²) in [6.45, 7) is 6.76. The normalized spacial score (nSPS) is 15.5. The Balaban J connectivity index is 1.77. The number of nitrogens with zero attached hydrogens (tertiary/aromatic N) is 1. The third-order valence-corrected chi connectivity index (χ3v) is 5.82. The maximum Gasteiger partial charge on any atom is 0.243 e. The van der Waals surface area contributed by atoms with Gasteiger partial charge in [0.15, 0.2) is 0 Å². The van der Waals surface area contributed by atoms with E-state index in [1.807, 2.05) is 32.9 Å². The Morgan fingerprint density at radius 2 is 1.63 bits per heavy atom. The van der Waals surface area contributed by atoms with Crippen molar-refractivity contribution in [1.29, 1.82) is 0 Å². The van der Waals surface area contributed by atoms with E-state index >= 15 is 0 Å². The molecule has 5 nitrogen and oxygen atoms in total. The first-order valence-corrected chi connectivity index (χ1v) is 10.2. The maximum atomic E-state index is 13.5. The van der Waals surface area contributed by atoms with Crippen molar-refractivity contribution in [3.05, 3.63) is 64.5 Å². The first kappa shape index (κ1) is 22.0. The zero-order valence-corrected chi connectivity index (χ0v) is 18.0. The smallest absolute Gasteiger partial charge is 0.243 e. The van der Waals surface area contributed by atoms with Gasteiger partial charge in [-0.15, -0.1) is 0 Å². The Labute approximate surface area is 177 Å². The van der Waals surface area contributed by atoms with Gasteiger partial charge < -0.3 is 15.0 Å². The van der Waals surface area contributed by atoms with Crippen LogP contribution in [-0.4, -0.2) is 43.5 Å². The SMILES string of the molecule is Cc1cc(C)c(NC(=O)CN(C)C(=O)C2(c3ccc(F)cc3)CCOCC2)c(C)c1. The summed E-state index contributed by atoms with van der Waals surface area (Å²) >= 11 is 0. The number of nitrogens with one attached hydrogen (secondary N) is 1. The molecule has 6 heteroatoms. The molecule has 0 aliphatic carbocycles. The first-order chi connectivity index (χ1) is 14.2. The fraction of sp³-hybridized carbons (Fsp3) is 0.417. The number of benzene rings is 2. The van der Waals surface area contributed by atoms with Crippen LogP contribution in [0, 0.1) is 26.6 Å². The summed E-state index contributed by atoms with van der Waals surface area (Å²) < 4.78 is 18.9. The Kier molecular flexibility index (Phi) is 6.56. The minimum absolute atomic E-state index is 0.0601. The third-order valence-electron chi connectivity index (χ3n) is 5.82. The molecule has 2 aromatic rings. The van der Waals surface area contributed by atoms with Crippen LogP contribution >= 0.6 is 0 Å². The zero-order chi connectivity index (χ0) is 21.9. The molecule has 0 bridgehead atoms. The van der Waals surface area contributed by atoms with Gasteiger partial charge in [-0.05, 0) is 62.4 Å². The molecule has 1 aliphatic heterocycles. The summed E-state index contributed by atoms with van der Waals surface area (Å²) in [5.41, 5.74) is 3.84. The largest absolute Gasteiger partial charge is 0.381 e. The fourth-order valence-electron chi connectivity index (χ4n) is 4.32. The van der Waals surface area contributed by atoms with Gasteiger partial charge in [-0.25, -0.2) is 4.39 Å². The molecule has 1 heterocycles. The van der Waals surface area contributed by atoms with Gasteiger partial charge in [-0.1, -0.05) is 29.8 Å². The van der Waals surface area contributed by atoms with Gasteiger partial charge in [0.1, 0.15) is 5.82 Å². The van der Waals surface area contributed by atoms with E-state index in [0.717, 1.165) is 27.9 Å². The average Bonchev–Trinajstić information content (AvgIpc) is 2.71. The Morgan fingerprint density at radius 1 is 1.07 bits per heavy atom. The molecule has 30 heavy (non-hydrogen) atoms. The zero-order valence-electron chi connectivity index (χ0n) is 18.0. The number of carbonyl (C=O) groups is 2. The molecule has 0 atom stereocenters. The molecule has 160 valence electrons. The van der Waals surface area contributed by atoms with Gasteiger partial charge in [-0.3, -0.25) is 9.59 Å². The number of carbonyl (C=O) groups excluding carboxylic acids is 2. The van der Waals surface area contributed by atoms with Gasteiger partial charge in [0.2, 0.25) is 11.8 Å². The highest BCUT2D eigenvalue weighted by molar-refractivity contribution is 5.97. The number of likely N-dealkylation sites (N-methyl/N-ethyl adjacent to an activating group) is 1. The molecule has 3 rings (SSSR count). The van der Waals surface area contributed by atoms with Crippen molar-refractivity contribution in [2.24, 2.45) is 0 Å². The van der Waals surface area contributed by atoms with Crippen LogP contribution in [-0.2, 0) is 19.7 Å². The second-order valence-corrected chi connectivity index (χ2v) is 8.18. The van der Waals surface area contributed by atoms with Crippen LogP contribution in [0.15, 0.2) is 36.4 Å². The lowest BCUT2D eigenvalue weighted by molar-refractivity contribution is -0.142. The summed E-state index contributed by atoms with van der Waals surface area (Å²) in [6.07, 6.45) is 0.999. The van der Waals surface area contributed by atoms with Crippen molar-refractivity contribution in [1.82, 2.24) is 4.90 Å². The molecule has 1 saturated heterocycles. The minimum Gasteiger partial charge on any atom is -0.381 e. The van der Waals surface area contributed by atoms with E-state index in [-0.39, 0.29) is 24.2 Å². The van der Waals surface area contributed by atoms with Crippen molar-refractivity contribution in [3.63, 3.8) is 0 Å². The number of ether oxygens (including phenoxy) is 1. The van der Waals surface area contributed by atoms with Crippen LogP contribution in [0.25, 0.3) is 0 Å². The van der Waals surface area contributed by atoms with Crippen molar-refractivity contribution in [3.8, 4) is 0 Å². The van der Waals surface area contributed by atoms with Gasteiger partial charge in [0, 0.05) is 25.9 Å². The third kappa shape index (κ3) is 4.54. The molecular formula is C24H29FN2O3. The van der Waals surface area contributed by atoms with Gasteiger partial charge >= 0.3 is 0 Å². The molecule has 1 N–H and O–H groups in total. The molecule has 2 aromatic carbocycles. The second-order valence-electron chi connectivity index (χ2n) is 8.18. The lowest BCUT2D eigenvalue weighted by Crippen LogP contribution is -2.50. The first-order valence-electron chi connectivity index (χ1n) is 10.2. The quantitative estimate of drug-likeness (QED) is 0.810. The second kappa shape index (κ2) is 8.96. The topological polar surface area (TPSA) is 58.6 Å². The van der Waals surface area contributed by atoms with Crippen molar-refractivity contribution < 1.29 is 18.7 Å². The molecule has 1 fully saturated rings. The average molecular weight is 413 g/mol. The van der Waals surface area contributed by atoms with E-state index < -0.39 is 5.41 Å². The predicted molar refractivity (Wildman–Crippen MR) is 115 cm³/mol. The molecule has 0 aromatic heterocycles. The Hall–Kier alpha value is -2.73. The number of amides is 2. The van der Waals surface area contributed by atoms with Gasteiger partial charge in [-0.2, -0.15) is 0 Å². The Morgan fingerprint density at radius 3 is 2.20 bits per heavy atom. The molecule has 2 amide bonds. The van der Waals surface area contributed by atoms with Crippen LogP contribution in [0.1, 0.15) is 35.1 Å². The van der Waals surface area contributed by atoms with E-state index in [9.17, 15) is 14.0 Å². The highest BCUT2D eigenvalue weighted by Crippen LogP contribution is 2.36. The maximum absolute atomic E-state index is 13.5. The molecular weight excluding hydrogens is 383 g/mol. The van der Waals surface area contributed by atoms with E-state index in [0.29, 0.717) is 26.1 Å². The summed E-state index contributed by atoms with van der Waals surface area (Å²) in [5, 5.41) is 2.95. The van der Waals surface area contributed by atoms with E-state index in [4.69, 9.17) is 4.74 Å². The van der Waals surface area contributed by atoms with Crippen LogP contribution in [0.5, 0.6) is 0 Å². The van der Waals surface area contributed by atoms with Crippen LogP contribution in [0.3, 0.4) is 0 Å². The number of aryl methyl sites for hydroxylation is 3. The highest BCUT2D eigenvalue weighted by atomic mass is 19.1. The van der Waals surface area contributed by atoms with Gasteiger partial charge in [0.05, 0.1) is 12.0 Å². The Bertz CT molecular complexity index is 911. The summed E-state index contributed by atoms with van der Waals surface area (Å²) in [5.74, 6) is -0.739. The van der Waals surface area contributed by atoms with Crippen molar-refractivity contribution >= 4 is 17.5 Å².